The number of amides is 1. The van der Waals surface area contributed by atoms with Crippen molar-refractivity contribution in [3.05, 3.63) is 36.1 Å². The topological polar surface area (TPSA) is 71.5 Å². The lowest BCUT2D eigenvalue weighted by molar-refractivity contribution is 0.0937. The molecule has 0 radical (unpaired) electrons. The van der Waals surface area contributed by atoms with Gasteiger partial charge in [0.05, 0.1) is 5.69 Å². The molecule has 2 aromatic rings. The van der Waals surface area contributed by atoms with E-state index in [1.54, 1.807) is 19.2 Å². The average molecular weight is 259 g/mol. The molecule has 1 aromatic heterocycles. The molecule has 0 aliphatic carbocycles. The highest BCUT2D eigenvalue weighted by Crippen LogP contribution is 2.31. The predicted octanol–water partition coefficient (Wildman–Crippen LogP) is 1.95. The Morgan fingerprint density at radius 3 is 2.42 bits per heavy atom. The SMILES string of the molecule is CNC(=O)c1oc(-c2ccc(N)cc2)cc1N(C)C. The van der Waals surface area contributed by atoms with Crippen molar-refractivity contribution in [2.24, 2.45) is 0 Å². The number of hydrogen-bond donors (Lipinski definition) is 2. The Kier molecular flexibility index (Phi) is 3.46. The number of nitrogens with zero attached hydrogens (tertiary/aromatic N) is 1. The van der Waals surface area contributed by atoms with E-state index in [0.29, 0.717) is 17.2 Å². The molecule has 0 aliphatic heterocycles. The number of nitrogens with one attached hydrogen (secondary N) is 1. The molecule has 1 aromatic carbocycles. The van der Waals surface area contributed by atoms with Crippen LogP contribution in [0, 0.1) is 0 Å². The molecule has 0 atom stereocenters. The molecule has 0 saturated carbocycles. The fourth-order valence-corrected chi connectivity index (χ4v) is 1.78. The summed E-state index contributed by atoms with van der Waals surface area (Å²) in [5.41, 5.74) is 7.97. The summed E-state index contributed by atoms with van der Waals surface area (Å²) in [4.78, 5) is 13.6. The summed E-state index contributed by atoms with van der Waals surface area (Å²) in [5, 5.41) is 2.57. The number of nitrogen functional groups attached to an aromatic ring is 1. The highest BCUT2D eigenvalue weighted by Gasteiger charge is 2.19. The molecule has 5 heteroatoms. The van der Waals surface area contributed by atoms with E-state index < -0.39 is 0 Å². The van der Waals surface area contributed by atoms with Crippen molar-refractivity contribution in [2.75, 3.05) is 31.8 Å². The van der Waals surface area contributed by atoms with Crippen LogP contribution in [-0.2, 0) is 0 Å². The molecule has 2 rings (SSSR count). The van der Waals surface area contributed by atoms with Gasteiger partial charge < -0.3 is 20.4 Å². The number of furan rings is 1. The first-order valence-electron chi connectivity index (χ1n) is 5.92. The van der Waals surface area contributed by atoms with Crippen LogP contribution in [0.2, 0.25) is 0 Å². The van der Waals surface area contributed by atoms with E-state index in [1.807, 2.05) is 37.2 Å². The molecule has 0 aliphatic rings. The molecule has 1 amide bonds. The number of carbonyl (C=O) groups excluding carboxylic acids is 1. The maximum absolute atomic E-state index is 11.8. The summed E-state index contributed by atoms with van der Waals surface area (Å²) in [7, 11) is 5.31. The maximum atomic E-state index is 11.8. The zero-order chi connectivity index (χ0) is 14.0. The van der Waals surface area contributed by atoms with E-state index in [9.17, 15) is 4.79 Å². The molecule has 0 bridgehead atoms. The second-order valence-corrected chi connectivity index (χ2v) is 4.42. The predicted molar refractivity (Wildman–Crippen MR) is 76.3 cm³/mol. The second kappa shape index (κ2) is 5.06. The monoisotopic (exact) mass is 259 g/mol. The first kappa shape index (κ1) is 13.0. The largest absolute Gasteiger partial charge is 0.449 e. The van der Waals surface area contributed by atoms with Gasteiger partial charge in [0.25, 0.3) is 5.91 Å². The molecular formula is C14H17N3O2. The third-order valence-corrected chi connectivity index (χ3v) is 2.82. The maximum Gasteiger partial charge on any atom is 0.288 e. The Hall–Kier alpha value is -2.43. The minimum Gasteiger partial charge on any atom is -0.449 e. The third kappa shape index (κ3) is 2.54. The zero-order valence-electron chi connectivity index (χ0n) is 11.2. The van der Waals surface area contributed by atoms with Gasteiger partial charge in [-0.3, -0.25) is 4.79 Å². The van der Waals surface area contributed by atoms with Crippen LogP contribution in [0.1, 0.15) is 10.6 Å². The van der Waals surface area contributed by atoms with Gasteiger partial charge in [0, 0.05) is 38.5 Å². The van der Waals surface area contributed by atoms with Crippen LogP contribution in [0.25, 0.3) is 11.3 Å². The van der Waals surface area contributed by atoms with E-state index in [0.717, 1.165) is 11.3 Å². The summed E-state index contributed by atoms with van der Waals surface area (Å²) < 4.78 is 5.66. The van der Waals surface area contributed by atoms with Crippen molar-refractivity contribution >= 4 is 17.3 Å². The summed E-state index contributed by atoms with van der Waals surface area (Å²) in [6, 6.07) is 9.16. The number of rotatable bonds is 3. The van der Waals surface area contributed by atoms with Gasteiger partial charge in [-0.25, -0.2) is 0 Å². The number of anilines is 2. The number of nitrogens with two attached hydrogens (primary N) is 1. The molecule has 0 saturated heterocycles. The van der Waals surface area contributed by atoms with Crippen LogP contribution in [0.15, 0.2) is 34.7 Å². The summed E-state index contributed by atoms with van der Waals surface area (Å²) in [5.74, 6) is 0.701. The van der Waals surface area contributed by atoms with Gasteiger partial charge in [0.1, 0.15) is 5.76 Å². The van der Waals surface area contributed by atoms with Crippen LogP contribution in [0.5, 0.6) is 0 Å². The lowest BCUT2D eigenvalue weighted by atomic mass is 10.1. The first-order chi connectivity index (χ1) is 9.02. The van der Waals surface area contributed by atoms with Crippen molar-refractivity contribution in [1.29, 1.82) is 0 Å². The van der Waals surface area contributed by atoms with Crippen molar-refractivity contribution < 1.29 is 9.21 Å². The van der Waals surface area contributed by atoms with E-state index in [-0.39, 0.29) is 5.91 Å². The van der Waals surface area contributed by atoms with Crippen LogP contribution in [0.4, 0.5) is 11.4 Å². The molecule has 0 spiro atoms. The van der Waals surface area contributed by atoms with E-state index in [4.69, 9.17) is 10.2 Å². The quantitative estimate of drug-likeness (QED) is 0.826. The lowest BCUT2D eigenvalue weighted by Crippen LogP contribution is -2.20. The van der Waals surface area contributed by atoms with Crippen molar-refractivity contribution in [1.82, 2.24) is 5.32 Å². The van der Waals surface area contributed by atoms with E-state index in [1.165, 1.54) is 0 Å². The first-order valence-corrected chi connectivity index (χ1v) is 5.92. The van der Waals surface area contributed by atoms with Gasteiger partial charge in [-0.1, -0.05) is 0 Å². The van der Waals surface area contributed by atoms with Gasteiger partial charge in [-0.2, -0.15) is 0 Å². The zero-order valence-corrected chi connectivity index (χ0v) is 11.2. The van der Waals surface area contributed by atoms with Gasteiger partial charge in [-0.05, 0) is 24.3 Å². The van der Waals surface area contributed by atoms with Crippen molar-refractivity contribution in [2.45, 2.75) is 0 Å². The Bertz CT molecular complexity index is 585. The smallest absolute Gasteiger partial charge is 0.288 e. The van der Waals surface area contributed by atoms with Gasteiger partial charge in [0.15, 0.2) is 0 Å². The van der Waals surface area contributed by atoms with Crippen molar-refractivity contribution in [3.8, 4) is 11.3 Å². The average Bonchev–Trinajstić information content (AvgIpc) is 2.84. The fourth-order valence-electron chi connectivity index (χ4n) is 1.78. The Morgan fingerprint density at radius 2 is 1.89 bits per heavy atom. The molecule has 0 fully saturated rings. The lowest BCUT2D eigenvalue weighted by Gasteiger charge is -2.10. The van der Waals surface area contributed by atoms with Crippen LogP contribution in [-0.4, -0.2) is 27.1 Å². The molecule has 0 unspecified atom stereocenters. The fraction of sp³-hybridized carbons (Fsp3) is 0.214. The van der Waals surface area contributed by atoms with Crippen LogP contribution >= 0.6 is 0 Å². The Morgan fingerprint density at radius 1 is 1.26 bits per heavy atom. The normalized spacial score (nSPS) is 10.3. The van der Waals surface area contributed by atoms with Crippen LogP contribution in [0.3, 0.4) is 0 Å². The van der Waals surface area contributed by atoms with E-state index >= 15 is 0 Å². The second-order valence-electron chi connectivity index (χ2n) is 4.42. The standard InChI is InChI=1S/C14H17N3O2/c1-16-14(18)13-11(17(2)3)8-12(19-13)9-4-6-10(15)7-5-9/h4-8H,15H2,1-3H3,(H,16,18). The minimum absolute atomic E-state index is 0.245. The summed E-state index contributed by atoms with van der Waals surface area (Å²) in [6.07, 6.45) is 0. The Balaban J connectivity index is 2.48. The molecule has 100 valence electrons. The molecule has 3 N–H and O–H groups in total. The third-order valence-electron chi connectivity index (χ3n) is 2.82. The van der Waals surface area contributed by atoms with Crippen LogP contribution < -0.4 is 16.0 Å². The van der Waals surface area contributed by atoms with Gasteiger partial charge in [-0.15, -0.1) is 0 Å². The highest BCUT2D eigenvalue weighted by molar-refractivity contribution is 5.97. The molecule has 1 heterocycles. The number of hydrogen-bond acceptors (Lipinski definition) is 4. The minimum atomic E-state index is -0.245. The Labute approximate surface area is 112 Å². The summed E-state index contributed by atoms with van der Waals surface area (Å²) in [6.45, 7) is 0. The van der Waals surface area contributed by atoms with Crippen molar-refractivity contribution in [3.63, 3.8) is 0 Å². The molecule has 19 heavy (non-hydrogen) atoms. The van der Waals surface area contributed by atoms with Gasteiger partial charge in [0.2, 0.25) is 5.76 Å². The number of carbonyl (C=O) groups is 1. The summed E-state index contributed by atoms with van der Waals surface area (Å²) >= 11 is 0. The van der Waals surface area contributed by atoms with Gasteiger partial charge >= 0.3 is 0 Å². The molecular weight excluding hydrogens is 242 g/mol. The highest BCUT2D eigenvalue weighted by atomic mass is 16.4. The number of benzene rings is 1. The van der Waals surface area contributed by atoms with E-state index in [2.05, 4.69) is 5.32 Å². The molecule has 5 nitrogen and oxygen atoms in total.